The molecule has 0 saturated carbocycles. The maximum absolute atomic E-state index is 12.2. The Kier molecular flexibility index (Phi) is 5.74. The monoisotopic (exact) mass is 407 g/mol. The number of piperazine rings is 1. The van der Waals surface area contributed by atoms with E-state index in [9.17, 15) is 4.79 Å². The fraction of sp³-hybridized carbons (Fsp3) is 0.227. The van der Waals surface area contributed by atoms with Crippen molar-refractivity contribution in [2.75, 3.05) is 31.1 Å². The van der Waals surface area contributed by atoms with Crippen LogP contribution in [-0.2, 0) is 4.79 Å². The van der Waals surface area contributed by atoms with Gasteiger partial charge in [0.05, 0.1) is 0 Å². The summed E-state index contributed by atoms with van der Waals surface area (Å²) in [6.07, 6.45) is 1.79. The number of halogens is 1. The summed E-state index contributed by atoms with van der Waals surface area (Å²) in [6, 6.07) is 18.7. The molecule has 1 saturated heterocycles. The number of benzene rings is 2. The van der Waals surface area contributed by atoms with Crippen LogP contribution in [0.15, 0.2) is 66.9 Å². The molecule has 1 aromatic heterocycles. The summed E-state index contributed by atoms with van der Waals surface area (Å²) in [6.45, 7) is 2.92. The van der Waals surface area contributed by atoms with Crippen molar-refractivity contribution >= 4 is 23.3 Å². The molecule has 3 aromatic rings. The summed E-state index contributed by atoms with van der Waals surface area (Å²) in [5, 5.41) is 0.639. The maximum Gasteiger partial charge on any atom is 0.239 e. The lowest BCUT2D eigenvalue weighted by Crippen LogP contribution is -2.50. The first kappa shape index (κ1) is 19.4. The van der Waals surface area contributed by atoms with Gasteiger partial charge in [-0.3, -0.25) is 9.69 Å². The first-order valence-electron chi connectivity index (χ1n) is 9.54. The number of amides is 1. The standard InChI is InChI=1S/C22H22ClN5O/c23-18-8-6-16(7-9-18)20(21(24)29)28-14-12-27(13-15-28)19-10-11-25-22(26-19)17-4-2-1-3-5-17/h1-11,20H,12-15H2,(H2,24,29)/t20-/m1/s1. The first-order chi connectivity index (χ1) is 14.1. The summed E-state index contributed by atoms with van der Waals surface area (Å²) in [4.78, 5) is 25.6. The zero-order chi connectivity index (χ0) is 20.2. The molecule has 2 heterocycles. The van der Waals surface area contributed by atoms with Crippen molar-refractivity contribution in [2.45, 2.75) is 6.04 Å². The Morgan fingerprint density at radius 3 is 2.31 bits per heavy atom. The van der Waals surface area contributed by atoms with Crippen LogP contribution in [-0.4, -0.2) is 47.0 Å². The Morgan fingerprint density at radius 2 is 1.66 bits per heavy atom. The fourth-order valence-electron chi connectivity index (χ4n) is 3.66. The minimum Gasteiger partial charge on any atom is -0.368 e. The van der Waals surface area contributed by atoms with Gasteiger partial charge in [-0.15, -0.1) is 0 Å². The third kappa shape index (κ3) is 4.39. The topological polar surface area (TPSA) is 75.4 Å². The van der Waals surface area contributed by atoms with Gasteiger partial charge < -0.3 is 10.6 Å². The van der Waals surface area contributed by atoms with Crippen molar-refractivity contribution in [2.24, 2.45) is 5.73 Å². The Morgan fingerprint density at radius 1 is 0.966 bits per heavy atom. The second-order valence-electron chi connectivity index (χ2n) is 6.98. The van der Waals surface area contributed by atoms with E-state index in [1.807, 2.05) is 48.5 Å². The number of nitrogens with zero attached hydrogens (tertiary/aromatic N) is 4. The van der Waals surface area contributed by atoms with E-state index in [0.717, 1.165) is 30.0 Å². The van der Waals surface area contributed by atoms with Crippen LogP contribution in [0, 0.1) is 0 Å². The van der Waals surface area contributed by atoms with Crippen LogP contribution in [0.25, 0.3) is 11.4 Å². The normalized spacial score (nSPS) is 15.8. The Hall–Kier alpha value is -2.96. The van der Waals surface area contributed by atoms with E-state index >= 15 is 0 Å². The fourth-order valence-corrected chi connectivity index (χ4v) is 3.79. The number of hydrogen-bond acceptors (Lipinski definition) is 5. The molecule has 0 aliphatic carbocycles. The average molecular weight is 408 g/mol. The summed E-state index contributed by atoms with van der Waals surface area (Å²) >= 11 is 5.98. The van der Waals surface area contributed by atoms with E-state index in [0.29, 0.717) is 23.9 Å². The van der Waals surface area contributed by atoms with Gasteiger partial charge in [0.15, 0.2) is 5.82 Å². The number of aromatic nitrogens is 2. The lowest BCUT2D eigenvalue weighted by atomic mass is 10.0. The van der Waals surface area contributed by atoms with Crippen LogP contribution in [0.4, 0.5) is 5.82 Å². The van der Waals surface area contributed by atoms with E-state index in [2.05, 4.69) is 14.8 Å². The highest BCUT2D eigenvalue weighted by Crippen LogP contribution is 2.25. The summed E-state index contributed by atoms with van der Waals surface area (Å²) in [7, 11) is 0. The van der Waals surface area contributed by atoms with Crippen LogP contribution in [0.5, 0.6) is 0 Å². The number of primary amides is 1. The van der Waals surface area contributed by atoms with Crippen LogP contribution in [0.1, 0.15) is 11.6 Å². The average Bonchev–Trinajstić information content (AvgIpc) is 2.76. The molecule has 0 bridgehead atoms. The molecule has 4 rings (SSSR count). The van der Waals surface area contributed by atoms with E-state index in [1.54, 1.807) is 18.3 Å². The van der Waals surface area contributed by atoms with Gasteiger partial charge in [-0.25, -0.2) is 9.97 Å². The van der Waals surface area contributed by atoms with Gasteiger partial charge in [-0.2, -0.15) is 0 Å². The van der Waals surface area contributed by atoms with Crippen molar-refractivity contribution in [3.05, 3.63) is 77.4 Å². The Bertz CT molecular complexity index is 972. The molecule has 0 radical (unpaired) electrons. The predicted octanol–water partition coefficient (Wildman–Crippen LogP) is 3.15. The molecule has 7 heteroatoms. The Balaban J connectivity index is 1.48. The molecule has 0 unspecified atom stereocenters. The summed E-state index contributed by atoms with van der Waals surface area (Å²) in [5.41, 5.74) is 7.57. The minimum absolute atomic E-state index is 0.353. The van der Waals surface area contributed by atoms with Gasteiger partial charge in [0.25, 0.3) is 0 Å². The molecule has 29 heavy (non-hydrogen) atoms. The van der Waals surface area contributed by atoms with Crippen LogP contribution >= 0.6 is 11.6 Å². The SMILES string of the molecule is NC(=O)[C@@H](c1ccc(Cl)cc1)N1CCN(c2ccnc(-c3ccccc3)n2)CC1. The summed E-state index contributed by atoms with van der Waals surface area (Å²) < 4.78 is 0. The zero-order valence-electron chi connectivity index (χ0n) is 15.9. The zero-order valence-corrected chi connectivity index (χ0v) is 16.7. The highest BCUT2D eigenvalue weighted by Gasteiger charge is 2.29. The molecule has 1 amide bonds. The van der Waals surface area contributed by atoms with Gasteiger partial charge in [-0.05, 0) is 23.8 Å². The molecule has 2 aromatic carbocycles. The molecule has 1 aliphatic rings. The second kappa shape index (κ2) is 8.59. The highest BCUT2D eigenvalue weighted by atomic mass is 35.5. The van der Waals surface area contributed by atoms with Crippen LogP contribution in [0.3, 0.4) is 0 Å². The lowest BCUT2D eigenvalue weighted by Gasteiger charge is -2.38. The summed E-state index contributed by atoms with van der Waals surface area (Å²) in [5.74, 6) is 1.25. The van der Waals surface area contributed by atoms with Crippen molar-refractivity contribution in [1.29, 1.82) is 0 Å². The number of rotatable bonds is 5. The number of hydrogen-bond donors (Lipinski definition) is 1. The van der Waals surface area contributed by atoms with Crippen molar-refractivity contribution in [3.63, 3.8) is 0 Å². The second-order valence-corrected chi connectivity index (χ2v) is 7.42. The maximum atomic E-state index is 12.2. The number of anilines is 1. The first-order valence-corrected chi connectivity index (χ1v) is 9.92. The van der Waals surface area contributed by atoms with Crippen molar-refractivity contribution in [1.82, 2.24) is 14.9 Å². The molecule has 1 atom stereocenters. The Labute approximate surface area is 174 Å². The molecule has 1 fully saturated rings. The van der Waals surface area contributed by atoms with Gasteiger partial charge in [0.2, 0.25) is 5.91 Å². The smallest absolute Gasteiger partial charge is 0.239 e. The number of carbonyl (C=O) groups excluding carboxylic acids is 1. The van der Waals surface area contributed by atoms with Gasteiger partial charge in [0.1, 0.15) is 11.9 Å². The van der Waals surface area contributed by atoms with Crippen molar-refractivity contribution < 1.29 is 4.79 Å². The van der Waals surface area contributed by atoms with E-state index < -0.39 is 6.04 Å². The largest absolute Gasteiger partial charge is 0.368 e. The molecular formula is C22H22ClN5O. The van der Waals surface area contributed by atoms with Gasteiger partial charge in [-0.1, -0.05) is 54.1 Å². The van der Waals surface area contributed by atoms with E-state index in [4.69, 9.17) is 22.3 Å². The molecule has 2 N–H and O–H groups in total. The highest BCUT2D eigenvalue weighted by molar-refractivity contribution is 6.30. The molecule has 0 spiro atoms. The minimum atomic E-state index is -0.459. The number of carbonyl (C=O) groups is 1. The van der Waals surface area contributed by atoms with Crippen molar-refractivity contribution in [3.8, 4) is 11.4 Å². The molecule has 148 valence electrons. The van der Waals surface area contributed by atoms with Gasteiger partial charge in [0, 0.05) is 43.0 Å². The molecule has 6 nitrogen and oxygen atoms in total. The van der Waals surface area contributed by atoms with Crippen LogP contribution in [0.2, 0.25) is 5.02 Å². The number of nitrogens with two attached hydrogens (primary N) is 1. The van der Waals surface area contributed by atoms with E-state index in [1.165, 1.54) is 0 Å². The predicted molar refractivity (Wildman–Crippen MR) is 115 cm³/mol. The quantitative estimate of drug-likeness (QED) is 0.703. The third-order valence-corrected chi connectivity index (χ3v) is 5.38. The molecule has 1 aliphatic heterocycles. The molecular weight excluding hydrogens is 386 g/mol. The third-order valence-electron chi connectivity index (χ3n) is 5.13. The van der Waals surface area contributed by atoms with E-state index in [-0.39, 0.29) is 5.91 Å². The van der Waals surface area contributed by atoms with Crippen LogP contribution < -0.4 is 10.6 Å². The lowest BCUT2D eigenvalue weighted by molar-refractivity contribution is -0.123. The van der Waals surface area contributed by atoms with Gasteiger partial charge >= 0.3 is 0 Å².